The van der Waals surface area contributed by atoms with Crippen molar-refractivity contribution in [2.45, 2.75) is 6.42 Å². The van der Waals surface area contributed by atoms with Crippen LogP contribution < -0.4 is 0 Å². The third kappa shape index (κ3) is 4.77. The Morgan fingerprint density at radius 2 is 2.50 bits per heavy atom. The van der Waals surface area contributed by atoms with Gasteiger partial charge in [-0.25, -0.2) is 0 Å². The average molecular weight is 109 g/mol. The molecule has 2 nitrogen and oxygen atoms in total. The molecule has 0 aliphatic heterocycles. The van der Waals surface area contributed by atoms with Crippen molar-refractivity contribution in [3.63, 3.8) is 0 Å². The van der Waals surface area contributed by atoms with Crippen LogP contribution in [0.25, 0.3) is 0 Å². The standard InChI is InChI=1S/C6H7NO/c1-2-3-4-5-6-7-8/h2,6,8H,1,3H2/b7-6-. The Morgan fingerprint density at radius 3 is 3.00 bits per heavy atom. The summed E-state index contributed by atoms with van der Waals surface area (Å²) in [5.74, 6) is 5.13. The summed E-state index contributed by atoms with van der Waals surface area (Å²) < 4.78 is 0. The molecular weight excluding hydrogens is 102 g/mol. The number of allylic oxidation sites excluding steroid dienone is 1. The highest BCUT2D eigenvalue weighted by Gasteiger charge is 1.59. The summed E-state index contributed by atoms with van der Waals surface area (Å²) in [5.41, 5.74) is 0. The molecule has 8 heavy (non-hydrogen) atoms. The van der Waals surface area contributed by atoms with Gasteiger partial charge in [-0.05, 0) is 0 Å². The molecule has 0 bridgehead atoms. The molecule has 1 N–H and O–H groups in total. The first-order chi connectivity index (χ1) is 3.91. The van der Waals surface area contributed by atoms with E-state index >= 15 is 0 Å². The van der Waals surface area contributed by atoms with Crippen LogP contribution in [-0.4, -0.2) is 11.4 Å². The highest BCUT2D eigenvalue weighted by molar-refractivity contribution is 5.77. The van der Waals surface area contributed by atoms with Crippen molar-refractivity contribution in [3.05, 3.63) is 12.7 Å². The number of oxime groups is 1. The molecule has 0 spiro atoms. The second-order valence-electron chi connectivity index (χ2n) is 1.06. The van der Waals surface area contributed by atoms with Gasteiger partial charge in [0.15, 0.2) is 0 Å². The number of nitrogens with zero attached hydrogens (tertiary/aromatic N) is 1. The molecule has 0 heterocycles. The van der Waals surface area contributed by atoms with Gasteiger partial charge < -0.3 is 5.21 Å². The molecule has 0 aromatic heterocycles. The topological polar surface area (TPSA) is 32.6 Å². The SMILES string of the molecule is C=CCC#C/C=N\O. The molecule has 0 radical (unpaired) electrons. The second-order valence-corrected chi connectivity index (χ2v) is 1.06. The summed E-state index contributed by atoms with van der Waals surface area (Å²) in [6, 6.07) is 0. The Kier molecular flexibility index (Phi) is 4.88. The molecule has 0 saturated heterocycles. The zero-order valence-electron chi connectivity index (χ0n) is 4.46. The lowest BCUT2D eigenvalue weighted by Crippen LogP contribution is -1.62. The van der Waals surface area contributed by atoms with Crippen LogP contribution in [-0.2, 0) is 0 Å². The van der Waals surface area contributed by atoms with Gasteiger partial charge in [0, 0.05) is 6.42 Å². The Balaban J connectivity index is 3.34. The van der Waals surface area contributed by atoms with Crippen LogP contribution in [0.5, 0.6) is 0 Å². The normalized spacial score (nSPS) is 8.00. The van der Waals surface area contributed by atoms with Crippen LogP contribution in [0.1, 0.15) is 6.42 Å². The fourth-order valence-corrected chi connectivity index (χ4v) is 0.206. The molecule has 0 aliphatic carbocycles. The van der Waals surface area contributed by atoms with Crippen LogP contribution in [0, 0.1) is 11.8 Å². The van der Waals surface area contributed by atoms with Gasteiger partial charge in [0.25, 0.3) is 0 Å². The van der Waals surface area contributed by atoms with Crippen molar-refractivity contribution in [1.82, 2.24) is 0 Å². The van der Waals surface area contributed by atoms with Gasteiger partial charge in [-0.2, -0.15) is 0 Å². The highest BCUT2D eigenvalue weighted by atomic mass is 16.4. The number of rotatable bonds is 1. The summed E-state index contributed by atoms with van der Waals surface area (Å²) in [7, 11) is 0. The van der Waals surface area contributed by atoms with Crippen LogP contribution in [0.3, 0.4) is 0 Å². The Bertz CT molecular complexity index is 138. The largest absolute Gasteiger partial charge is 0.410 e. The van der Waals surface area contributed by atoms with Crippen molar-refractivity contribution in [2.24, 2.45) is 5.16 Å². The fourth-order valence-electron chi connectivity index (χ4n) is 0.206. The van der Waals surface area contributed by atoms with Crippen molar-refractivity contribution in [3.8, 4) is 11.8 Å². The molecule has 2 heteroatoms. The molecule has 0 aliphatic rings. The van der Waals surface area contributed by atoms with E-state index in [0.717, 1.165) is 6.21 Å². The van der Waals surface area contributed by atoms with Crippen molar-refractivity contribution >= 4 is 6.21 Å². The van der Waals surface area contributed by atoms with Gasteiger partial charge >= 0.3 is 0 Å². The first-order valence-corrected chi connectivity index (χ1v) is 2.17. The van der Waals surface area contributed by atoms with E-state index in [2.05, 4.69) is 23.6 Å². The molecular formula is C6H7NO. The van der Waals surface area contributed by atoms with E-state index in [1.807, 2.05) is 0 Å². The van der Waals surface area contributed by atoms with Crippen molar-refractivity contribution < 1.29 is 5.21 Å². The first kappa shape index (κ1) is 6.77. The summed E-state index contributed by atoms with van der Waals surface area (Å²) in [6.07, 6.45) is 3.44. The van der Waals surface area contributed by atoms with E-state index in [1.165, 1.54) is 0 Å². The molecule has 0 unspecified atom stereocenters. The monoisotopic (exact) mass is 109 g/mol. The molecule has 0 rings (SSSR count). The lowest BCUT2D eigenvalue weighted by Gasteiger charge is -1.66. The van der Waals surface area contributed by atoms with E-state index < -0.39 is 0 Å². The minimum absolute atomic E-state index is 0.631. The third-order valence-corrected chi connectivity index (χ3v) is 0.471. The molecule has 0 aromatic rings. The van der Waals surface area contributed by atoms with Crippen LogP contribution >= 0.6 is 0 Å². The van der Waals surface area contributed by atoms with E-state index in [-0.39, 0.29) is 0 Å². The van der Waals surface area contributed by atoms with Crippen LogP contribution in [0.4, 0.5) is 0 Å². The molecule has 0 atom stereocenters. The predicted molar refractivity (Wildman–Crippen MR) is 32.9 cm³/mol. The predicted octanol–water partition coefficient (Wildman–Crippen LogP) is 1.03. The molecule has 0 fully saturated rings. The van der Waals surface area contributed by atoms with Crippen LogP contribution in [0.2, 0.25) is 0 Å². The maximum Gasteiger partial charge on any atom is 0.116 e. The second kappa shape index (κ2) is 5.77. The lowest BCUT2D eigenvalue weighted by atomic mass is 10.4. The Hall–Kier alpha value is -1.23. The maximum absolute atomic E-state index is 7.81. The van der Waals surface area contributed by atoms with E-state index in [1.54, 1.807) is 6.08 Å². The quantitative estimate of drug-likeness (QED) is 0.176. The van der Waals surface area contributed by atoms with E-state index in [9.17, 15) is 0 Å². The zero-order chi connectivity index (χ0) is 6.24. The highest BCUT2D eigenvalue weighted by Crippen LogP contribution is 1.70. The number of hydrogen-bond donors (Lipinski definition) is 1. The van der Waals surface area contributed by atoms with Gasteiger partial charge in [-0.15, -0.1) is 6.58 Å². The van der Waals surface area contributed by atoms with E-state index in [0.29, 0.717) is 6.42 Å². The minimum atomic E-state index is 0.631. The Morgan fingerprint density at radius 1 is 1.75 bits per heavy atom. The first-order valence-electron chi connectivity index (χ1n) is 2.17. The summed E-state index contributed by atoms with van der Waals surface area (Å²) >= 11 is 0. The van der Waals surface area contributed by atoms with Crippen molar-refractivity contribution in [1.29, 1.82) is 0 Å². The van der Waals surface area contributed by atoms with Gasteiger partial charge in [0.05, 0.1) is 0 Å². The maximum atomic E-state index is 7.81. The summed E-state index contributed by atoms with van der Waals surface area (Å²) in [6.45, 7) is 3.45. The van der Waals surface area contributed by atoms with Gasteiger partial charge in [0.1, 0.15) is 6.21 Å². The molecule has 42 valence electrons. The number of hydrogen-bond acceptors (Lipinski definition) is 2. The van der Waals surface area contributed by atoms with Crippen LogP contribution in [0.15, 0.2) is 17.8 Å². The molecule has 0 aromatic carbocycles. The van der Waals surface area contributed by atoms with E-state index in [4.69, 9.17) is 5.21 Å². The zero-order valence-corrected chi connectivity index (χ0v) is 4.46. The smallest absolute Gasteiger partial charge is 0.116 e. The third-order valence-electron chi connectivity index (χ3n) is 0.471. The lowest BCUT2D eigenvalue weighted by molar-refractivity contribution is 0.322. The molecule has 0 saturated carbocycles. The van der Waals surface area contributed by atoms with Gasteiger partial charge in [0.2, 0.25) is 0 Å². The minimum Gasteiger partial charge on any atom is -0.410 e. The summed E-state index contributed by atoms with van der Waals surface area (Å²) in [5, 5.41) is 10.5. The molecule has 0 amide bonds. The summed E-state index contributed by atoms with van der Waals surface area (Å²) in [4.78, 5) is 0. The Labute approximate surface area is 48.5 Å². The van der Waals surface area contributed by atoms with Gasteiger partial charge in [-0.3, -0.25) is 0 Å². The van der Waals surface area contributed by atoms with Gasteiger partial charge in [-0.1, -0.05) is 23.1 Å². The fraction of sp³-hybridized carbons (Fsp3) is 0.167. The average Bonchev–Trinajstić information content (AvgIpc) is 1.81. The van der Waals surface area contributed by atoms with Crippen molar-refractivity contribution in [2.75, 3.05) is 0 Å².